The summed E-state index contributed by atoms with van der Waals surface area (Å²) in [6.07, 6.45) is 1.18. The molecule has 82 valence electrons. The van der Waals surface area contributed by atoms with E-state index in [1.165, 1.54) is 0 Å². The van der Waals surface area contributed by atoms with Crippen LogP contribution in [0.25, 0.3) is 0 Å². The molecule has 1 aliphatic heterocycles. The van der Waals surface area contributed by atoms with E-state index in [1.54, 1.807) is 6.92 Å². The first-order valence-electron chi connectivity index (χ1n) is 4.89. The SMILES string of the molecule is CCOC(=O)C1([C@H]2NC(=O)NC2=O)CC1. The standard InChI is InChI=1S/C9H12N2O4/c1-2-15-7(13)9(3-4-9)5-6(12)11-8(14)10-5/h5H,2-4H2,1H3,(H2,10,11,12,14)/t5-/m0/s1. The highest BCUT2D eigenvalue weighted by atomic mass is 16.5. The van der Waals surface area contributed by atoms with E-state index in [0.29, 0.717) is 12.8 Å². The predicted molar refractivity (Wildman–Crippen MR) is 48.8 cm³/mol. The van der Waals surface area contributed by atoms with Gasteiger partial charge in [-0.2, -0.15) is 0 Å². The van der Waals surface area contributed by atoms with Gasteiger partial charge in [0, 0.05) is 0 Å². The fourth-order valence-electron chi connectivity index (χ4n) is 1.83. The lowest BCUT2D eigenvalue weighted by Crippen LogP contribution is -2.43. The molecule has 1 saturated carbocycles. The first-order valence-corrected chi connectivity index (χ1v) is 4.89. The number of amides is 3. The van der Waals surface area contributed by atoms with Crippen LogP contribution in [0.4, 0.5) is 4.79 Å². The molecule has 3 amide bonds. The van der Waals surface area contributed by atoms with Crippen LogP contribution in [-0.2, 0) is 14.3 Å². The average Bonchev–Trinajstić information content (AvgIpc) is 2.89. The minimum atomic E-state index is -0.813. The molecular weight excluding hydrogens is 200 g/mol. The Labute approximate surface area is 86.3 Å². The Morgan fingerprint density at radius 3 is 2.60 bits per heavy atom. The molecule has 0 aromatic heterocycles. The Morgan fingerprint density at radius 2 is 2.20 bits per heavy atom. The third-order valence-electron chi connectivity index (χ3n) is 2.80. The molecule has 1 atom stereocenters. The molecule has 2 aliphatic rings. The third kappa shape index (κ3) is 1.45. The van der Waals surface area contributed by atoms with E-state index < -0.39 is 29.4 Å². The van der Waals surface area contributed by atoms with E-state index in [-0.39, 0.29) is 6.61 Å². The van der Waals surface area contributed by atoms with Crippen LogP contribution < -0.4 is 10.6 Å². The molecule has 0 radical (unpaired) electrons. The van der Waals surface area contributed by atoms with Crippen LogP contribution >= 0.6 is 0 Å². The Bertz CT molecular complexity index is 335. The molecule has 0 aromatic carbocycles. The Kier molecular flexibility index (Phi) is 2.13. The van der Waals surface area contributed by atoms with Gasteiger partial charge in [-0.05, 0) is 19.8 Å². The molecular formula is C9H12N2O4. The van der Waals surface area contributed by atoms with Crippen LogP contribution in [0.3, 0.4) is 0 Å². The van der Waals surface area contributed by atoms with E-state index in [9.17, 15) is 14.4 Å². The summed E-state index contributed by atoms with van der Waals surface area (Å²) in [5.74, 6) is -0.835. The second-order valence-corrected chi connectivity index (χ2v) is 3.77. The zero-order chi connectivity index (χ0) is 11.1. The second kappa shape index (κ2) is 3.22. The van der Waals surface area contributed by atoms with Crippen molar-refractivity contribution < 1.29 is 19.1 Å². The fourth-order valence-corrected chi connectivity index (χ4v) is 1.83. The van der Waals surface area contributed by atoms with Crippen LogP contribution in [0.2, 0.25) is 0 Å². The van der Waals surface area contributed by atoms with Crippen LogP contribution in [0.5, 0.6) is 0 Å². The van der Waals surface area contributed by atoms with Crippen molar-refractivity contribution in [3.63, 3.8) is 0 Å². The van der Waals surface area contributed by atoms with Crippen molar-refractivity contribution in [2.45, 2.75) is 25.8 Å². The van der Waals surface area contributed by atoms with Crippen LogP contribution in [0, 0.1) is 5.41 Å². The second-order valence-electron chi connectivity index (χ2n) is 3.77. The van der Waals surface area contributed by atoms with Crippen molar-refractivity contribution in [2.75, 3.05) is 6.61 Å². The van der Waals surface area contributed by atoms with Gasteiger partial charge in [-0.3, -0.25) is 14.9 Å². The van der Waals surface area contributed by atoms with Gasteiger partial charge in [0.15, 0.2) is 0 Å². The average molecular weight is 212 g/mol. The number of hydrogen-bond donors (Lipinski definition) is 2. The summed E-state index contributed by atoms with van der Waals surface area (Å²) in [6.45, 7) is 1.99. The number of esters is 1. The Morgan fingerprint density at radius 1 is 1.53 bits per heavy atom. The van der Waals surface area contributed by atoms with Crippen molar-refractivity contribution >= 4 is 17.9 Å². The summed E-state index contributed by atoms with van der Waals surface area (Å²) in [7, 11) is 0. The van der Waals surface area contributed by atoms with Gasteiger partial charge >= 0.3 is 12.0 Å². The predicted octanol–water partition coefficient (Wildman–Crippen LogP) is -0.462. The number of carbonyl (C=O) groups is 3. The molecule has 6 heteroatoms. The number of imide groups is 1. The molecule has 2 N–H and O–H groups in total. The maximum Gasteiger partial charge on any atom is 0.322 e. The smallest absolute Gasteiger partial charge is 0.322 e. The first kappa shape index (κ1) is 9.95. The summed E-state index contributed by atoms with van der Waals surface area (Å²) in [4.78, 5) is 33.9. The summed E-state index contributed by atoms with van der Waals surface area (Å²) in [5.41, 5.74) is -0.813. The molecule has 1 saturated heterocycles. The quantitative estimate of drug-likeness (QED) is 0.489. The molecule has 2 rings (SSSR count). The van der Waals surface area contributed by atoms with Crippen LogP contribution in [-0.4, -0.2) is 30.6 Å². The van der Waals surface area contributed by atoms with Crippen molar-refractivity contribution in [1.29, 1.82) is 0 Å². The van der Waals surface area contributed by atoms with Gasteiger partial charge in [-0.1, -0.05) is 0 Å². The van der Waals surface area contributed by atoms with Crippen LogP contribution in [0.15, 0.2) is 0 Å². The molecule has 2 fully saturated rings. The summed E-state index contributed by atoms with van der Waals surface area (Å²) >= 11 is 0. The highest BCUT2D eigenvalue weighted by molar-refractivity contribution is 6.07. The van der Waals surface area contributed by atoms with Crippen molar-refractivity contribution in [1.82, 2.24) is 10.6 Å². The first-order chi connectivity index (χ1) is 7.10. The minimum absolute atomic E-state index is 0.281. The normalized spacial score (nSPS) is 26.9. The Balaban J connectivity index is 2.13. The number of urea groups is 1. The zero-order valence-electron chi connectivity index (χ0n) is 8.33. The molecule has 0 bridgehead atoms. The summed E-state index contributed by atoms with van der Waals surface area (Å²) < 4.78 is 4.89. The van der Waals surface area contributed by atoms with Crippen molar-refractivity contribution in [2.24, 2.45) is 5.41 Å². The lowest BCUT2D eigenvalue weighted by molar-refractivity contribution is -0.152. The molecule has 15 heavy (non-hydrogen) atoms. The number of rotatable bonds is 3. The summed E-state index contributed by atoms with van der Waals surface area (Å²) in [5, 5.41) is 4.56. The fraction of sp³-hybridized carbons (Fsp3) is 0.667. The lowest BCUT2D eigenvalue weighted by Gasteiger charge is -2.18. The monoisotopic (exact) mass is 212 g/mol. The van der Waals surface area contributed by atoms with Gasteiger partial charge in [-0.15, -0.1) is 0 Å². The van der Waals surface area contributed by atoms with Crippen molar-refractivity contribution in [3.8, 4) is 0 Å². The van der Waals surface area contributed by atoms with Crippen LogP contribution in [0.1, 0.15) is 19.8 Å². The summed E-state index contributed by atoms with van der Waals surface area (Å²) in [6, 6.07) is -1.30. The highest BCUT2D eigenvalue weighted by Gasteiger charge is 2.62. The molecule has 1 heterocycles. The molecule has 0 spiro atoms. The van der Waals surface area contributed by atoms with Crippen molar-refractivity contribution in [3.05, 3.63) is 0 Å². The Hall–Kier alpha value is -1.59. The molecule has 6 nitrogen and oxygen atoms in total. The van der Waals surface area contributed by atoms with Gasteiger partial charge in [0.05, 0.1) is 12.0 Å². The van der Waals surface area contributed by atoms with Gasteiger partial charge in [0.25, 0.3) is 5.91 Å². The van der Waals surface area contributed by atoms with E-state index in [0.717, 1.165) is 0 Å². The molecule has 0 aromatic rings. The zero-order valence-corrected chi connectivity index (χ0v) is 8.33. The van der Waals surface area contributed by atoms with Gasteiger partial charge in [-0.25, -0.2) is 4.79 Å². The maximum absolute atomic E-state index is 11.6. The number of nitrogens with one attached hydrogen (secondary N) is 2. The maximum atomic E-state index is 11.6. The van der Waals surface area contributed by atoms with E-state index in [2.05, 4.69) is 10.6 Å². The number of carbonyl (C=O) groups excluding carboxylic acids is 3. The van der Waals surface area contributed by atoms with E-state index >= 15 is 0 Å². The number of hydrogen-bond acceptors (Lipinski definition) is 4. The third-order valence-corrected chi connectivity index (χ3v) is 2.80. The molecule has 1 aliphatic carbocycles. The molecule has 0 unspecified atom stereocenters. The van der Waals surface area contributed by atoms with Gasteiger partial charge in [0.2, 0.25) is 0 Å². The van der Waals surface area contributed by atoms with Gasteiger partial charge in [0.1, 0.15) is 6.04 Å². The lowest BCUT2D eigenvalue weighted by atomic mass is 9.97. The van der Waals surface area contributed by atoms with Gasteiger partial charge < -0.3 is 10.1 Å². The van der Waals surface area contributed by atoms with E-state index in [4.69, 9.17) is 4.74 Å². The topological polar surface area (TPSA) is 84.5 Å². The highest BCUT2D eigenvalue weighted by Crippen LogP contribution is 2.50. The largest absolute Gasteiger partial charge is 0.465 e. The van der Waals surface area contributed by atoms with E-state index in [1.807, 2.05) is 0 Å². The minimum Gasteiger partial charge on any atom is -0.465 e. The number of ether oxygens (including phenoxy) is 1.